The first-order valence-corrected chi connectivity index (χ1v) is 6.87. The standard InChI is InChI=1S/C16H19NO3/c1-10-9-20-13-8-16(2,3)7-11(14(10)13)17-15(18)12-5-4-6-19-12/h4-6,9,11H,7-8H2,1-3H3,(H,17,18). The largest absolute Gasteiger partial charge is 0.469 e. The summed E-state index contributed by atoms with van der Waals surface area (Å²) in [5.41, 5.74) is 2.34. The molecule has 0 spiro atoms. The SMILES string of the molecule is Cc1coc2c1C(NC(=O)c1ccco1)CC(C)(C)C2. The molecule has 2 aromatic heterocycles. The maximum Gasteiger partial charge on any atom is 0.287 e. The van der Waals surface area contributed by atoms with Crippen molar-refractivity contribution in [2.75, 3.05) is 0 Å². The molecule has 0 saturated carbocycles. The lowest BCUT2D eigenvalue weighted by Gasteiger charge is -2.35. The van der Waals surface area contributed by atoms with Gasteiger partial charge in [0.2, 0.25) is 0 Å². The number of carbonyl (C=O) groups excluding carboxylic acids is 1. The third-order valence-corrected chi connectivity index (χ3v) is 3.90. The highest BCUT2D eigenvalue weighted by Crippen LogP contribution is 2.42. The van der Waals surface area contributed by atoms with Gasteiger partial charge in [-0.3, -0.25) is 4.79 Å². The van der Waals surface area contributed by atoms with Gasteiger partial charge in [0, 0.05) is 12.0 Å². The summed E-state index contributed by atoms with van der Waals surface area (Å²) in [7, 11) is 0. The van der Waals surface area contributed by atoms with Crippen LogP contribution in [0.4, 0.5) is 0 Å². The van der Waals surface area contributed by atoms with Gasteiger partial charge in [-0.1, -0.05) is 13.8 Å². The fourth-order valence-corrected chi connectivity index (χ4v) is 3.03. The summed E-state index contributed by atoms with van der Waals surface area (Å²) in [6, 6.07) is 3.37. The number of amides is 1. The Hall–Kier alpha value is -1.97. The molecule has 3 rings (SSSR count). The van der Waals surface area contributed by atoms with Crippen LogP contribution in [-0.4, -0.2) is 5.91 Å². The first-order valence-electron chi connectivity index (χ1n) is 6.87. The van der Waals surface area contributed by atoms with E-state index in [1.807, 2.05) is 6.92 Å². The highest BCUT2D eigenvalue weighted by Gasteiger charge is 2.36. The van der Waals surface area contributed by atoms with Gasteiger partial charge in [-0.2, -0.15) is 0 Å². The molecule has 2 aromatic rings. The van der Waals surface area contributed by atoms with Crippen LogP contribution in [0.2, 0.25) is 0 Å². The molecule has 0 fully saturated rings. The quantitative estimate of drug-likeness (QED) is 0.909. The molecule has 106 valence electrons. The van der Waals surface area contributed by atoms with Crippen molar-refractivity contribution < 1.29 is 13.6 Å². The van der Waals surface area contributed by atoms with E-state index in [1.165, 1.54) is 6.26 Å². The molecule has 0 bridgehead atoms. The number of nitrogens with one attached hydrogen (secondary N) is 1. The normalized spacial score (nSPS) is 20.4. The third-order valence-electron chi connectivity index (χ3n) is 3.90. The number of rotatable bonds is 2. The molecule has 1 N–H and O–H groups in total. The zero-order valence-electron chi connectivity index (χ0n) is 12.0. The average Bonchev–Trinajstić information content (AvgIpc) is 2.97. The van der Waals surface area contributed by atoms with Gasteiger partial charge in [-0.15, -0.1) is 0 Å². The lowest BCUT2D eigenvalue weighted by atomic mass is 9.74. The monoisotopic (exact) mass is 273 g/mol. The fraction of sp³-hybridized carbons (Fsp3) is 0.438. The topological polar surface area (TPSA) is 55.4 Å². The lowest BCUT2D eigenvalue weighted by molar-refractivity contribution is 0.0889. The van der Waals surface area contributed by atoms with E-state index in [2.05, 4.69) is 19.2 Å². The van der Waals surface area contributed by atoms with E-state index < -0.39 is 0 Å². The maximum absolute atomic E-state index is 12.2. The van der Waals surface area contributed by atoms with Crippen molar-refractivity contribution in [2.45, 2.75) is 39.7 Å². The zero-order valence-corrected chi connectivity index (χ0v) is 12.0. The highest BCUT2D eigenvalue weighted by molar-refractivity contribution is 5.91. The number of hydrogen-bond acceptors (Lipinski definition) is 3. The predicted molar refractivity (Wildman–Crippen MR) is 74.5 cm³/mol. The van der Waals surface area contributed by atoms with Gasteiger partial charge in [0.05, 0.1) is 18.6 Å². The Morgan fingerprint density at radius 1 is 1.40 bits per heavy atom. The van der Waals surface area contributed by atoms with Crippen molar-refractivity contribution in [1.82, 2.24) is 5.32 Å². The van der Waals surface area contributed by atoms with Crippen molar-refractivity contribution in [2.24, 2.45) is 5.41 Å². The maximum atomic E-state index is 12.2. The molecule has 1 aliphatic rings. The number of aryl methyl sites for hydroxylation is 1. The van der Waals surface area contributed by atoms with Crippen LogP contribution in [0.3, 0.4) is 0 Å². The number of furan rings is 2. The Labute approximate surface area is 118 Å². The zero-order chi connectivity index (χ0) is 14.3. The molecule has 1 unspecified atom stereocenters. The summed E-state index contributed by atoms with van der Waals surface area (Å²) >= 11 is 0. The van der Waals surface area contributed by atoms with Gasteiger partial charge in [-0.25, -0.2) is 0 Å². The number of carbonyl (C=O) groups is 1. The molecule has 2 heterocycles. The van der Waals surface area contributed by atoms with Gasteiger partial charge in [0.15, 0.2) is 5.76 Å². The molecule has 1 atom stereocenters. The summed E-state index contributed by atoms with van der Waals surface area (Å²) in [6.45, 7) is 6.41. The average molecular weight is 273 g/mol. The van der Waals surface area contributed by atoms with Crippen LogP contribution in [0.1, 0.15) is 53.8 Å². The van der Waals surface area contributed by atoms with Gasteiger partial charge in [-0.05, 0) is 36.5 Å². The van der Waals surface area contributed by atoms with Crippen LogP contribution in [0, 0.1) is 12.3 Å². The second-order valence-electron chi connectivity index (χ2n) is 6.30. The second-order valence-corrected chi connectivity index (χ2v) is 6.30. The van der Waals surface area contributed by atoms with E-state index in [9.17, 15) is 4.79 Å². The number of fused-ring (bicyclic) bond motifs is 1. The third kappa shape index (κ3) is 2.26. The van der Waals surface area contributed by atoms with Gasteiger partial charge >= 0.3 is 0 Å². The van der Waals surface area contributed by atoms with Crippen LogP contribution in [0.5, 0.6) is 0 Å². The van der Waals surface area contributed by atoms with Crippen LogP contribution in [-0.2, 0) is 6.42 Å². The predicted octanol–water partition coefficient (Wildman–Crippen LogP) is 3.62. The minimum absolute atomic E-state index is 0.0231. The summed E-state index contributed by atoms with van der Waals surface area (Å²) in [4.78, 5) is 12.2. The molecule has 4 heteroatoms. The minimum Gasteiger partial charge on any atom is -0.469 e. The van der Waals surface area contributed by atoms with Crippen LogP contribution in [0.15, 0.2) is 33.5 Å². The van der Waals surface area contributed by atoms with Crippen LogP contribution in [0.25, 0.3) is 0 Å². The van der Waals surface area contributed by atoms with Crippen molar-refractivity contribution in [1.29, 1.82) is 0 Å². The van der Waals surface area contributed by atoms with Gasteiger partial charge < -0.3 is 14.2 Å². The molecule has 0 radical (unpaired) electrons. The first kappa shape index (κ1) is 13.0. The summed E-state index contributed by atoms with van der Waals surface area (Å²) in [6.07, 6.45) is 5.09. The van der Waals surface area contributed by atoms with Crippen molar-refractivity contribution in [3.8, 4) is 0 Å². The number of hydrogen-bond donors (Lipinski definition) is 1. The van der Waals surface area contributed by atoms with Crippen molar-refractivity contribution in [3.05, 3.63) is 47.3 Å². The fourth-order valence-electron chi connectivity index (χ4n) is 3.03. The van der Waals surface area contributed by atoms with Gasteiger partial charge in [0.1, 0.15) is 5.76 Å². The van der Waals surface area contributed by atoms with E-state index in [4.69, 9.17) is 8.83 Å². The Balaban J connectivity index is 1.89. The Morgan fingerprint density at radius 3 is 2.90 bits per heavy atom. The van der Waals surface area contributed by atoms with E-state index in [0.29, 0.717) is 5.76 Å². The van der Waals surface area contributed by atoms with Crippen molar-refractivity contribution in [3.63, 3.8) is 0 Å². The molecule has 1 aliphatic carbocycles. The minimum atomic E-state index is -0.177. The Morgan fingerprint density at radius 2 is 2.20 bits per heavy atom. The van der Waals surface area contributed by atoms with Crippen molar-refractivity contribution >= 4 is 5.91 Å². The Bertz CT molecular complexity index is 622. The first-order chi connectivity index (χ1) is 9.46. The molecular weight excluding hydrogens is 254 g/mol. The lowest BCUT2D eigenvalue weighted by Crippen LogP contribution is -2.36. The smallest absolute Gasteiger partial charge is 0.287 e. The summed E-state index contributed by atoms with van der Waals surface area (Å²) < 4.78 is 10.8. The summed E-state index contributed by atoms with van der Waals surface area (Å²) in [5, 5.41) is 3.07. The summed E-state index contributed by atoms with van der Waals surface area (Å²) in [5.74, 6) is 1.16. The van der Waals surface area contributed by atoms with E-state index in [0.717, 1.165) is 29.7 Å². The van der Waals surface area contributed by atoms with E-state index in [-0.39, 0.29) is 17.4 Å². The Kier molecular flexibility index (Phi) is 2.96. The molecule has 20 heavy (non-hydrogen) atoms. The van der Waals surface area contributed by atoms with Crippen LogP contribution < -0.4 is 5.32 Å². The molecule has 4 nitrogen and oxygen atoms in total. The molecule has 0 saturated heterocycles. The molecule has 0 aliphatic heterocycles. The van der Waals surface area contributed by atoms with E-state index in [1.54, 1.807) is 18.4 Å². The highest BCUT2D eigenvalue weighted by atomic mass is 16.3. The van der Waals surface area contributed by atoms with Crippen LogP contribution >= 0.6 is 0 Å². The van der Waals surface area contributed by atoms with E-state index >= 15 is 0 Å². The molecule has 1 amide bonds. The second kappa shape index (κ2) is 4.54. The van der Waals surface area contributed by atoms with Gasteiger partial charge in [0.25, 0.3) is 5.91 Å². The molecular formula is C16H19NO3. The molecule has 0 aromatic carbocycles.